The Morgan fingerprint density at radius 1 is 1.33 bits per heavy atom. The predicted octanol–water partition coefficient (Wildman–Crippen LogP) is 2.07. The highest BCUT2D eigenvalue weighted by Gasteiger charge is 2.19. The number of H-pyrrole nitrogens is 1. The van der Waals surface area contributed by atoms with Gasteiger partial charge in [0.05, 0.1) is 23.1 Å². The molecule has 0 aliphatic rings. The number of aromatic amines is 1. The van der Waals surface area contributed by atoms with Gasteiger partial charge in [-0.05, 0) is 26.0 Å². The Hall–Kier alpha value is -2.61. The molecule has 1 heterocycles. The van der Waals surface area contributed by atoms with Crippen molar-refractivity contribution < 1.29 is 14.3 Å². The zero-order chi connectivity index (χ0) is 17.5. The van der Waals surface area contributed by atoms with Crippen LogP contribution in [0.1, 0.15) is 24.2 Å². The molecular formula is C16H17N3O4S. The van der Waals surface area contributed by atoms with Gasteiger partial charge in [-0.3, -0.25) is 9.59 Å². The van der Waals surface area contributed by atoms with E-state index in [0.717, 1.165) is 11.8 Å². The highest BCUT2D eigenvalue weighted by atomic mass is 32.2. The third-order valence-corrected chi connectivity index (χ3v) is 3.98. The first-order valence-corrected chi connectivity index (χ1v) is 8.18. The van der Waals surface area contributed by atoms with E-state index in [1.165, 1.54) is 12.3 Å². The maximum atomic E-state index is 12.3. The van der Waals surface area contributed by atoms with Crippen molar-refractivity contribution in [3.63, 3.8) is 0 Å². The van der Waals surface area contributed by atoms with Crippen LogP contribution in [-0.4, -0.2) is 33.7 Å². The molecule has 0 aliphatic heterocycles. The van der Waals surface area contributed by atoms with E-state index < -0.39 is 11.2 Å². The SMILES string of the molecule is CCOC(=O)c1ccccc1NC(=O)C(C)Sc1nccc(=O)[nH]1. The standard InChI is InChI=1S/C16H17N3O4S/c1-3-23-15(22)11-6-4-5-7-12(11)18-14(21)10(2)24-16-17-9-8-13(20)19-16/h4-10H,3H2,1-2H3,(H,18,21)(H,17,19,20). The van der Waals surface area contributed by atoms with Gasteiger partial charge < -0.3 is 15.0 Å². The van der Waals surface area contributed by atoms with Crippen molar-refractivity contribution in [2.75, 3.05) is 11.9 Å². The van der Waals surface area contributed by atoms with E-state index in [0.29, 0.717) is 10.8 Å². The number of carbonyl (C=O) groups excluding carboxylic acids is 2. The normalized spacial score (nSPS) is 11.6. The maximum Gasteiger partial charge on any atom is 0.340 e. The second kappa shape index (κ2) is 8.30. The van der Waals surface area contributed by atoms with Gasteiger partial charge in [-0.2, -0.15) is 0 Å². The molecule has 0 bridgehead atoms. The van der Waals surface area contributed by atoms with Gasteiger partial charge in [-0.25, -0.2) is 9.78 Å². The molecule has 0 saturated carbocycles. The first-order chi connectivity index (χ1) is 11.5. The first-order valence-electron chi connectivity index (χ1n) is 7.30. The molecule has 0 spiro atoms. The Morgan fingerprint density at radius 2 is 2.08 bits per heavy atom. The van der Waals surface area contributed by atoms with Crippen LogP contribution >= 0.6 is 11.8 Å². The second-order valence-electron chi connectivity index (χ2n) is 4.75. The predicted molar refractivity (Wildman–Crippen MR) is 91.2 cm³/mol. The highest BCUT2D eigenvalue weighted by molar-refractivity contribution is 8.00. The average Bonchev–Trinajstić information content (AvgIpc) is 2.55. The summed E-state index contributed by atoms with van der Waals surface area (Å²) in [6.07, 6.45) is 1.38. The van der Waals surface area contributed by atoms with Crippen LogP contribution in [-0.2, 0) is 9.53 Å². The molecular weight excluding hydrogens is 330 g/mol. The van der Waals surface area contributed by atoms with Crippen LogP contribution < -0.4 is 10.9 Å². The van der Waals surface area contributed by atoms with E-state index in [4.69, 9.17) is 4.74 Å². The van der Waals surface area contributed by atoms with Crippen molar-refractivity contribution in [3.8, 4) is 0 Å². The van der Waals surface area contributed by atoms with Gasteiger partial charge >= 0.3 is 5.97 Å². The number of amides is 1. The zero-order valence-corrected chi connectivity index (χ0v) is 14.1. The molecule has 0 fully saturated rings. The van der Waals surface area contributed by atoms with Gasteiger partial charge in [-0.15, -0.1) is 0 Å². The third kappa shape index (κ3) is 4.69. The van der Waals surface area contributed by atoms with Crippen molar-refractivity contribution in [2.24, 2.45) is 0 Å². The number of nitrogens with one attached hydrogen (secondary N) is 2. The molecule has 1 amide bonds. The van der Waals surface area contributed by atoms with Crippen LogP contribution in [0.15, 0.2) is 46.5 Å². The highest BCUT2D eigenvalue weighted by Crippen LogP contribution is 2.21. The Labute approximate surface area is 142 Å². The molecule has 1 atom stereocenters. The Kier molecular flexibility index (Phi) is 6.14. The quantitative estimate of drug-likeness (QED) is 0.471. The summed E-state index contributed by atoms with van der Waals surface area (Å²) >= 11 is 1.11. The fraction of sp³-hybridized carbons (Fsp3) is 0.250. The van der Waals surface area contributed by atoms with Gasteiger partial charge in [-0.1, -0.05) is 23.9 Å². The summed E-state index contributed by atoms with van der Waals surface area (Å²) in [5.74, 6) is -0.814. The van der Waals surface area contributed by atoms with Crippen molar-refractivity contribution in [2.45, 2.75) is 24.3 Å². The lowest BCUT2D eigenvalue weighted by Gasteiger charge is -2.13. The third-order valence-electron chi connectivity index (χ3n) is 2.99. The smallest absolute Gasteiger partial charge is 0.340 e. The zero-order valence-electron chi connectivity index (χ0n) is 13.2. The van der Waals surface area contributed by atoms with Crippen LogP contribution in [0.25, 0.3) is 0 Å². The molecule has 2 N–H and O–H groups in total. The van der Waals surface area contributed by atoms with E-state index in [1.54, 1.807) is 38.1 Å². The van der Waals surface area contributed by atoms with E-state index in [-0.39, 0.29) is 23.6 Å². The fourth-order valence-electron chi connectivity index (χ4n) is 1.85. The molecule has 2 aromatic rings. The van der Waals surface area contributed by atoms with Crippen LogP contribution in [0.5, 0.6) is 0 Å². The number of ether oxygens (including phenoxy) is 1. The molecule has 0 saturated heterocycles. The number of nitrogens with zero attached hydrogens (tertiary/aromatic N) is 1. The van der Waals surface area contributed by atoms with Crippen LogP contribution in [0.2, 0.25) is 0 Å². The topological polar surface area (TPSA) is 101 Å². The van der Waals surface area contributed by atoms with Crippen LogP contribution in [0.3, 0.4) is 0 Å². The largest absolute Gasteiger partial charge is 0.462 e. The van der Waals surface area contributed by atoms with E-state index >= 15 is 0 Å². The minimum atomic E-state index is -0.522. The van der Waals surface area contributed by atoms with Crippen LogP contribution in [0, 0.1) is 0 Å². The average molecular weight is 347 g/mol. The van der Waals surface area contributed by atoms with Crippen molar-refractivity contribution in [1.29, 1.82) is 0 Å². The number of aromatic nitrogens is 2. The van der Waals surface area contributed by atoms with Gasteiger partial charge in [0.2, 0.25) is 5.91 Å². The number of anilines is 1. The summed E-state index contributed by atoms with van der Waals surface area (Å²) in [5, 5.41) is 2.53. The lowest BCUT2D eigenvalue weighted by atomic mass is 10.1. The van der Waals surface area contributed by atoms with Crippen LogP contribution in [0.4, 0.5) is 5.69 Å². The molecule has 1 aromatic heterocycles. The van der Waals surface area contributed by atoms with E-state index in [9.17, 15) is 14.4 Å². The van der Waals surface area contributed by atoms with E-state index in [1.807, 2.05) is 0 Å². The maximum absolute atomic E-state index is 12.3. The summed E-state index contributed by atoms with van der Waals surface area (Å²) in [7, 11) is 0. The molecule has 24 heavy (non-hydrogen) atoms. The summed E-state index contributed by atoms with van der Waals surface area (Å²) in [4.78, 5) is 42.0. The lowest BCUT2D eigenvalue weighted by Crippen LogP contribution is -2.24. The molecule has 0 aliphatic carbocycles. The lowest BCUT2D eigenvalue weighted by molar-refractivity contribution is -0.115. The first kappa shape index (κ1) is 17.7. The molecule has 0 radical (unpaired) electrons. The molecule has 2 rings (SSSR count). The number of esters is 1. The Balaban J connectivity index is 2.09. The Morgan fingerprint density at radius 3 is 2.79 bits per heavy atom. The molecule has 7 nitrogen and oxygen atoms in total. The number of rotatable bonds is 6. The number of hydrogen-bond acceptors (Lipinski definition) is 6. The van der Waals surface area contributed by atoms with Crippen molar-refractivity contribution in [1.82, 2.24) is 9.97 Å². The Bertz CT molecular complexity index is 791. The number of thioether (sulfide) groups is 1. The van der Waals surface area contributed by atoms with Gasteiger partial charge in [0.15, 0.2) is 5.16 Å². The summed E-state index contributed by atoms with van der Waals surface area (Å²) in [6.45, 7) is 3.64. The van der Waals surface area contributed by atoms with Crippen molar-refractivity contribution >= 4 is 29.3 Å². The molecule has 1 aromatic carbocycles. The van der Waals surface area contributed by atoms with Gasteiger partial charge in [0, 0.05) is 12.3 Å². The molecule has 1 unspecified atom stereocenters. The minimum Gasteiger partial charge on any atom is -0.462 e. The van der Waals surface area contributed by atoms with Crippen molar-refractivity contribution in [3.05, 3.63) is 52.4 Å². The summed E-state index contributed by atoms with van der Waals surface area (Å²) < 4.78 is 4.97. The monoisotopic (exact) mass is 347 g/mol. The van der Waals surface area contributed by atoms with Gasteiger partial charge in [0.25, 0.3) is 5.56 Å². The van der Waals surface area contributed by atoms with E-state index in [2.05, 4.69) is 15.3 Å². The molecule has 8 heteroatoms. The second-order valence-corrected chi connectivity index (χ2v) is 6.08. The number of para-hydroxylation sites is 1. The molecule has 126 valence electrons. The number of hydrogen-bond donors (Lipinski definition) is 2. The summed E-state index contributed by atoms with van der Waals surface area (Å²) in [5.41, 5.74) is 0.381. The van der Waals surface area contributed by atoms with Gasteiger partial charge in [0.1, 0.15) is 0 Å². The fourth-order valence-corrected chi connectivity index (χ4v) is 2.63. The number of benzene rings is 1. The number of carbonyl (C=O) groups is 2. The minimum absolute atomic E-state index is 0.250. The summed E-state index contributed by atoms with van der Waals surface area (Å²) in [6, 6.07) is 7.92.